The standard InChI is InChI=1S/C22H20FN3O2S/c1-14-11-19(25-9-5-6-10-25)18(23)13-15(14)12-17-20(27)24-22(29)26(21(17)28)16-7-3-2-4-8-16/h2-4,7-8,11-13H,5-6,9-10H2,1H3,(H,24,27,29). The maximum Gasteiger partial charge on any atom is 0.270 e. The summed E-state index contributed by atoms with van der Waals surface area (Å²) >= 11 is 5.19. The zero-order valence-electron chi connectivity index (χ0n) is 15.9. The molecule has 2 aliphatic rings. The smallest absolute Gasteiger partial charge is 0.270 e. The van der Waals surface area contributed by atoms with Crippen LogP contribution in [-0.4, -0.2) is 30.0 Å². The lowest BCUT2D eigenvalue weighted by Crippen LogP contribution is -2.54. The topological polar surface area (TPSA) is 52.7 Å². The fourth-order valence-electron chi connectivity index (χ4n) is 3.66. The monoisotopic (exact) mass is 409 g/mol. The van der Waals surface area contributed by atoms with Gasteiger partial charge in [-0.15, -0.1) is 0 Å². The Hall–Kier alpha value is -3.06. The lowest BCUT2D eigenvalue weighted by Gasteiger charge is -2.29. The Bertz CT molecular complexity index is 1030. The largest absolute Gasteiger partial charge is 0.369 e. The summed E-state index contributed by atoms with van der Waals surface area (Å²) in [6, 6.07) is 12.0. The van der Waals surface area contributed by atoms with Crippen LogP contribution < -0.4 is 15.1 Å². The van der Waals surface area contributed by atoms with Crippen LogP contribution in [0.5, 0.6) is 0 Å². The number of hydrogen-bond donors (Lipinski definition) is 1. The molecule has 2 saturated heterocycles. The molecule has 0 bridgehead atoms. The molecule has 0 spiro atoms. The molecule has 2 aromatic carbocycles. The van der Waals surface area contributed by atoms with Gasteiger partial charge < -0.3 is 4.90 Å². The molecule has 0 saturated carbocycles. The van der Waals surface area contributed by atoms with E-state index >= 15 is 0 Å². The van der Waals surface area contributed by atoms with Crippen LogP contribution in [0.15, 0.2) is 48.0 Å². The predicted molar refractivity (Wildman–Crippen MR) is 115 cm³/mol. The molecule has 2 amide bonds. The number of nitrogens with one attached hydrogen (secondary N) is 1. The Morgan fingerprint density at radius 1 is 1.10 bits per heavy atom. The average molecular weight is 409 g/mol. The van der Waals surface area contributed by atoms with Crippen LogP contribution in [0, 0.1) is 12.7 Å². The van der Waals surface area contributed by atoms with E-state index in [-0.39, 0.29) is 16.5 Å². The van der Waals surface area contributed by atoms with E-state index in [0.29, 0.717) is 16.9 Å². The molecule has 2 heterocycles. The minimum absolute atomic E-state index is 0.0237. The second-order valence-electron chi connectivity index (χ2n) is 7.15. The number of aryl methyl sites for hydroxylation is 1. The average Bonchev–Trinajstić information content (AvgIpc) is 3.22. The number of benzene rings is 2. The van der Waals surface area contributed by atoms with Gasteiger partial charge in [-0.1, -0.05) is 18.2 Å². The zero-order chi connectivity index (χ0) is 20.5. The van der Waals surface area contributed by atoms with Gasteiger partial charge in [0, 0.05) is 13.1 Å². The molecule has 1 N–H and O–H groups in total. The maximum atomic E-state index is 14.7. The third-order valence-corrected chi connectivity index (χ3v) is 5.48. The van der Waals surface area contributed by atoms with Gasteiger partial charge in [0.25, 0.3) is 11.8 Å². The highest BCUT2D eigenvalue weighted by Crippen LogP contribution is 2.29. The van der Waals surface area contributed by atoms with Crippen molar-refractivity contribution in [3.8, 4) is 0 Å². The Morgan fingerprint density at radius 2 is 1.79 bits per heavy atom. The molecule has 4 rings (SSSR count). The summed E-state index contributed by atoms with van der Waals surface area (Å²) in [4.78, 5) is 28.8. The van der Waals surface area contributed by atoms with E-state index < -0.39 is 11.8 Å². The summed E-state index contributed by atoms with van der Waals surface area (Å²) in [5.74, 6) is -1.48. The number of nitrogens with zero attached hydrogens (tertiary/aromatic N) is 2. The van der Waals surface area contributed by atoms with E-state index in [2.05, 4.69) is 5.32 Å². The van der Waals surface area contributed by atoms with Crippen LogP contribution in [-0.2, 0) is 9.59 Å². The number of halogens is 1. The van der Waals surface area contributed by atoms with Gasteiger partial charge >= 0.3 is 0 Å². The fourth-order valence-corrected chi connectivity index (χ4v) is 3.94. The lowest BCUT2D eigenvalue weighted by atomic mass is 10.0. The van der Waals surface area contributed by atoms with Crippen molar-refractivity contribution in [3.63, 3.8) is 0 Å². The second kappa shape index (κ2) is 7.75. The Balaban J connectivity index is 1.71. The van der Waals surface area contributed by atoms with E-state index in [0.717, 1.165) is 31.5 Å². The van der Waals surface area contributed by atoms with Gasteiger partial charge in [0.05, 0.1) is 11.4 Å². The summed E-state index contributed by atoms with van der Waals surface area (Å²) in [7, 11) is 0. The Labute approximate surface area is 173 Å². The number of anilines is 2. The first-order valence-electron chi connectivity index (χ1n) is 9.47. The molecule has 148 valence electrons. The number of hydrogen-bond acceptors (Lipinski definition) is 4. The molecule has 29 heavy (non-hydrogen) atoms. The van der Waals surface area contributed by atoms with E-state index in [1.54, 1.807) is 30.3 Å². The molecule has 2 fully saturated rings. The van der Waals surface area contributed by atoms with Crippen molar-refractivity contribution in [2.75, 3.05) is 22.9 Å². The van der Waals surface area contributed by atoms with Crippen LogP contribution >= 0.6 is 12.2 Å². The number of carbonyl (C=O) groups excluding carboxylic acids is 2. The molecule has 2 aromatic rings. The molecule has 5 nitrogen and oxygen atoms in total. The molecule has 0 atom stereocenters. The first-order chi connectivity index (χ1) is 14.0. The van der Waals surface area contributed by atoms with Crippen molar-refractivity contribution < 1.29 is 14.0 Å². The van der Waals surface area contributed by atoms with Crippen molar-refractivity contribution in [2.45, 2.75) is 19.8 Å². The van der Waals surface area contributed by atoms with Crippen molar-refractivity contribution in [1.29, 1.82) is 0 Å². The van der Waals surface area contributed by atoms with Crippen LogP contribution in [0.3, 0.4) is 0 Å². The molecule has 7 heteroatoms. The van der Waals surface area contributed by atoms with Gasteiger partial charge in [-0.3, -0.25) is 19.8 Å². The van der Waals surface area contributed by atoms with Crippen molar-refractivity contribution in [2.24, 2.45) is 0 Å². The van der Waals surface area contributed by atoms with E-state index in [4.69, 9.17) is 12.2 Å². The minimum atomic E-state index is -0.587. The van der Waals surface area contributed by atoms with Crippen LogP contribution in [0.25, 0.3) is 6.08 Å². The van der Waals surface area contributed by atoms with Crippen LogP contribution in [0.4, 0.5) is 15.8 Å². The molecule has 0 unspecified atom stereocenters. The lowest BCUT2D eigenvalue weighted by molar-refractivity contribution is -0.122. The first-order valence-corrected chi connectivity index (χ1v) is 9.88. The van der Waals surface area contributed by atoms with Crippen molar-refractivity contribution in [1.82, 2.24) is 5.32 Å². The van der Waals surface area contributed by atoms with Gasteiger partial charge in [-0.05, 0) is 73.5 Å². The van der Waals surface area contributed by atoms with Gasteiger partial charge in [0.15, 0.2) is 5.11 Å². The fraction of sp³-hybridized carbons (Fsp3) is 0.227. The molecule has 0 aliphatic carbocycles. The normalized spacial score (nSPS) is 18.6. The Morgan fingerprint density at radius 3 is 2.48 bits per heavy atom. The molecular formula is C22H20FN3O2S. The molecule has 0 radical (unpaired) electrons. The highest BCUT2D eigenvalue weighted by Gasteiger charge is 2.34. The summed E-state index contributed by atoms with van der Waals surface area (Å²) in [5, 5.41) is 2.57. The number of para-hydroxylation sites is 1. The predicted octanol–water partition coefficient (Wildman–Crippen LogP) is 3.57. The summed E-state index contributed by atoms with van der Waals surface area (Å²) < 4.78 is 14.7. The number of carbonyl (C=O) groups is 2. The third kappa shape index (κ3) is 3.65. The van der Waals surface area contributed by atoms with Gasteiger partial charge in [0.2, 0.25) is 0 Å². The quantitative estimate of drug-likeness (QED) is 0.478. The number of amides is 2. The van der Waals surface area contributed by atoms with Gasteiger partial charge in [-0.2, -0.15) is 0 Å². The number of rotatable bonds is 3. The van der Waals surface area contributed by atoms with Crippen LogP contribution in [0.2, 0.25) is 0 Å². The highest BCUT2D eigenvalue weighted by atomic mass is 32.1. The van der Waals surface area contributed by atoms with Crippen molar-refractivity contribution in [3.05, 3.63) is 65.0 Å². The minimum Gasteiger partial charge on any atom is -0.369 e. The maximum absolute atomic E-state index is 14.7. The SMILES string of the molecule is Cc1cc(N2CCCC2)c(F)cc1C=C1C(=O)NC(=S)N(c2ccccc2)C1=O. The Kier molecular flexibility index (Phi) is 5.15. The summed E-state index contributed by atoms with van der Waals surface area (Å²) in [6.07, 6.45) is 3.53. The zero-order valence-corrected chi connectivity index (χ0v) is 16.8. The molecule has 2 aliphatic heterocycles. The molecule has 0 aromatic heterocycles. The van der Waals surface area contributed by atoms with E-state index in [9.17, 15) is 14.0 Å². The summed E-state index contributed by atoms with van der Waals surface area (Å²) in [6.45, 7) is 3.51. The highest BCUT2D eigenvalue weighted by molar-refractivity contribution is 7.80. The second-order valence-corrected chi connectivity index (χ2v) is 7.53. The third-order valence-electron chi connectivity index (χ3n) is 5.20. The van der Waals surface area contributed by atoms with Crippen molar-refractivity contribution >= 4 is 46.6 Å². The van der Waals surface area contributed by atoms with Crippen LogP contribution in [0.1, 0.15) is 24.0 Å². The van der Waals surface area contributed by atoms with E-state index in [1.807, 2.05) is 17.9 Å². The summed E-state index contributed by atoms with van der Waals surface area (Å²) in [5.41, 5.74) is 2.32. The van der Waals surface area contributed by atoms with Gasteiger partial charge in [-0.25, -0.2) is 4.39 Å². The first kappa shape index (κ1) is 19.3. The molecular weight excluding hydrogens is 389 g/mol. The van der Waals surface area contributed by atoms with Gasteiger partial charge in [0.1, 0.15) is 11.4 Å². The van der Waals surface area contributed by atoms with E-state index in [1.165, 1.54) is 17.0 Å². The number of thiocarbonyl (C=S) groups is 1.